The highest BCUT2D eigenvalue weighted by molar-refractivity contribution is 6.30. The minimum atomic E-state index is -0.237. The molecule has 1 amide bonds. The molecule has 0 N–H and O–H groups in total. The fourth-order valence-corrected chi connectivity index (χ4v) is 2.92. The SMILES string of the molecule is O=C(/C=C\c1cccc(Cl)c1)N1CCN(c2ccc(F)cc2)CC1. The van der Waals surface area contributed by atoms with Crippen molar-refractivity contribution in [1.29, 1.82) is 0 Å². The second-order valence-corrected chi connectivity index (χ2v) is 6.11. The molecule has 1 aliphatic heterocycles. The number of carbonyl (C=O) groups excluding carboxylic acids is 1. The van der Waals surface area contributed by atoms with E-state index in [2.05, 4.69) is 4.90 Å². The fourth-order valence-electron chi connectivity index (χ4n) is 2.72. The predicted molar refractivity (Wildman–Crippen MR) is 95.7 cm³/mol. The molecule has 3 rings (SSSR count). The van der Waals surface area contributed by atoms with Gasteiger partial charge in [-0.25, -0.2) is 4.39 Å². The molecule has 2 aromatic carbocycles. The van der Waals surface area contributed by atoms with Gasteiger partial charge in [-0.2, -0.15) is 0 Å². The van der Waals surface area contributed by atoms with E-state index in [0.717, 1.165) is 24.3 Å². The third-order valence-corrected chi connectivity index (χ3v) is 4.29. The van der Waals surface area contributed by atoms with Crippen LogP contribution < -0.4 is 4.90 Å². The number of rotatable bonds is 3. The van der Waals surface area contributed by atoms with Gasteiger partial charge in [0.2, 0.25) is 5.91 Å². The van der Waals surface area contributed by atoms with Gasteiger partial charge in [0.25, 0.3) is 0 Å². The molecule has 0 bridgehead atoms. The molecule has 124 valence electrons. The summed E-state index contributed by atoms with van der Waals surface area (Å²) in [7, 11) is 0. The molecule has 0 unspecified atom stereocenters. The summed E-state index contributed by atoms with van der Waals surface area (Å²) in [5, 5.41) is 0.650. The predicted octanol–water partition coefficient (Wildman–Crippen LogP) is 3.84. The van der Waals surface area contributed by atoms with Crippen LogP contribution in [-0.4, -0.2) is 37.0 Å². The lowest BCUT2D eigenvalue weighted by molar-refractivity contribution is -0.126. The van der Waals surface area contributed by atoms with E-state index in [9.17, 15) is 9.18 Å². The van der Waals surface area contributed by atoms with Crippen molar-refractivity contribution in [3.05, 3.63) is 71.0 Å². The molecule has 0 saturated carbocycles. The summed E-state index contributed by atoms with van der Waals surface area (Å²) in [6, 6.07) is 13.8. The molecule has 3 nitrogen and oxygen atoms in total. The summed E-state index contributed by atoms with van der Waals surface area (Å²) in [5.74, 6) is -0.243. The van der Waals surface area contributed by atoms with Crippen molar-refractivity contribution in [3.8, 4) is 0 Å². The molecule has 1 fully saturated rings. The third kappa shape index (κ3) is 4.15. The van der Waals surface area contributed by atoms with E-state index >= 15 is 0 Å². The molecule has 0 aliphatic carbocycles. The Morgan fingerprint density at radius 2 is 1.75 bits per heavy atom. The van der Waals surface area contributed by atoms with Crippen molar-refractivity contribution in [2.45, 2.75) is 0 Å². The zero-order chi connectivity index (χ0) is 16.9. The second-order valence-electron chi connectivity index (χ2n) is 5.68. The van der Waals surface area contributed by atoms with Gasteiger partial charge in [-0.15, -0.1) is 0 Å². The van der Waals surface area contributed by atoms with E-state index in [-0.39, 0.29) is 11.7 Å². The Labute approximate surface area is 145 Å². The van der Waals surface area contributed by atoms with Crippen LogP contribution in [0.4, 0.5) is 10.1 Å². The van der Waals surface area contributed by atoms with Gasteiger partial charge in [0.15, 0.2) is 0 Å². The van der Waals surface area contributed by atoms with Crippen molar-refractivity contribution in [2.24, 2.45) is 0 Å². The first kappa shape index (κ1) is 16.5. The summed E-state index contributed by atoms with van der Waals surface area (Å²) in [6.45, 7) is 2.77. The number of benzene rings is 2. The van der Waals surface area contributed by atoms with Crippen LogP contribution in [0, 0.1) is 5.82 Å². The molecule has 24 heavy (non-hydrogen) atoms. The summed E-state index contributed by atoms with van der Waals surface area (Å²) in [4.78, 5) is 16.3. The van der Waals surface area contributed by atoms with Crippen LogP contribution in [0.25, 0.3) is 6.08 Å². The van der Waals surface area contributed by atoms with Crippen molar-refractivity contribution >= 4 is 29.3 Å². The van der Waals surface area contributed by atoms with E-state index in [1.165, 1.54) is 12.1 Å². The topological polar surface area (TPSA) is 23.6 Å². The first-order chi connectivity index (χ1) is 11.6. The molecular formula is C19H18ClFN2O. The van der Waals surface area contributed by atoms with Gasteiger partial charge in [-0.1, -0.05) is 23.7 Å². The normalized spacial score (nSPS) is 15.1. The maximum Gasteiger partial charge on any atom is 0.246 e. The lowest BCUT2D eigenvalue weighted by Gasteiger charge is -2.35. The minimum Gasteiger partial charge on any atom is -0.368 e. The van der Waals surface area contributed by atoms with Crippen LogP contribution in [0.5, 0.6) is 0 Å². The Bertz CT molecular complexity index is 737. The zero-order valence-corrected chi connectivity index (χ0v) is 13.9. The summed E-state index contributed by atoms with van der Waals surface area (Å²) in [5.41, 5.74) is 1.89. The average Bonchev–Trinajstić information content (AvgIpc) is 2.61. The molecule has 0 spiro atoms. The first-order valence-electron chi connectivity index (χ1n) is 7.85. The standard InChI is InChI=1S/C19H18ClFN2O/c20-16-3-1-2-15(14-16)4-9-19(24)23-12-10-22(11-13-23)18-7-5-17(21)6-8-18/h1-9,14H,10-13H2/b9-4-. The molecule has 0 radical (unpaired) electrons. The van der Waals surface area contributed by atoms with Crippen LogP contribution in [0.1, 0.15) is 5.56 Å². The van der Waals surface area contributed by atoms with Gasteiger partial charge in [0.1, 0.15) is 5.82 Å². The Balaban J connectivity index is 1.56. The molecule has 0 atom stereocenters. The molecule has 1 saturated heterocycles. The molecule has 5 heteroatoms. The zero-order valence-electron chi connectivity index (χ0n) is 13.2. The highest BCUT2D eigenvalue weighted by Gasteiger charge is 2.19. The first-order valence-corrected chi connectivity index (χ1v) is 8.23. The molecular weight excluding hydrogens is 327 g/mol. The highest BCUT2D eigenvalue weighted by atomic mass is 35.5. The fraction of sp³-hybridized carbons (Fsp3) is 0.211. The smallest absolute Gasteiger partial charge is 0.246 e. The van der Waals surface area contributed by atoms with Gasteiger partial charge >= 0.3 is 0 Å². The maximum absolute atomic E-state index is 13.0. The Morgan fingerprint density at radius 3 is 2.42 bits per heavy atom. The van der Waals surface area contributed by atoms with Crippen molar-refractivity contribution in [2.75, 3.05) is 31.1 Å². The second kappa shape index (κ2) is 7.49. The lowest BCUT2D eigenvalue weighted by atomic mass is 10.2. The van der Waals surface area contributed by atoms with E-state index in [1.807, 2.05) is 23.1 Å². The van der Waals surface area contributed by atoms with Gasteiger partial charge in [0.05, 0.1) is 0 Å². The number of amides is 1. The van der Waals surface area contributed by atoms with E-state index < -0.39 is 0 Å². The van der Waals surface area contributed by atoms with E-state index in [4.69, 9.17) is 11.6 Å². The minimum absolute atomic E-state index is 0.00580. The number of hydrogen-bond acceptors (Lipinski definition) is 2. The number of carbonyl (C=O) groups is 1. The van der Waals surface area contributed by atoms with Crippen LogP contribution >= 0.6 is 11.6 Å². The van der Waals surface area contributed by atoms with E-state index in [0.29, 0.717) is 18.1 Å². The van der Waals surface area contributed by atoms with Crippen LogP contribution in [0.15, 0.2) is 54.6 Å². The number of anilines is 1. The van der Waals surface area contributed by atoms with Crippen LogP contribution in [0.3, 0.4) is 0 Å². The van der Waals surface area contributed by atoms with E-state index in [1.54, 1.807) is 30.4 Å². The number of halogens is 2. The number of piperazine rings is 1. The summed E-state index contributed by atoms with van der Waals surface area (Å²) >= 11 is 5.93. The quantitative estimate of drug-likeness (QED) is 0.790. The average molecular weight is 345 g/mol. The van der Waals surface area contributed by atoms with Gasteiger partial charge < -0.3 is 9.80 Å². The Morgan fingerprint density at radius 1 is 1.04 bits per heavy atom. The highest BCUT2D eigenvalue weighted by Crippen LogP contribution is 2.17. The number of nitrogens with zero attached hydrogens (tertiary/aromatic N) is 2. The lowest BCUT2D eigenvalue weighted by Crippen LogP contribution is -2.48. The van der Waals surface area contributed by atoms with Crippen molar-refractivity contribution < 1.29 is 9.18 Å². The third-order valence-electron chi connectivity index (χ3n) is 4.05. The summed E-state index contributed by atoms with van der Waals surface area (Å²) in [6.07, 6.45) is 3.36. The monoisotopic (exact) mass is 344 g/mol. The molecule has 0 aromatic heterocycles. The van der Waals surface area contributed by atoms with Crippen LogP contribution in [0.2, 0.25) is 5.02 Å². The number of hydrogen-bond donors (Lipinski definition) is 0. The molecule has 2 aromatic rings. The van der Waals surface area contributed by atoms with Gasteiger partial charge in [-0.05, 0) is 48.0 Å². The van der Waals surface area contributed by atoms with Gasteiger partial charge in [-0.3, -0.25) is 4.79 Å². The maximum atomic E-state index is 13.0. The van der Waals surface area contributed by atoms with Crippen molar-refractivity contribution in [3.63, 3.8) is 0 Å². The van der Waals surface area contributed by atoms with Gasteiger partial charge in [0, 0.05) is 43.0 Å². The molecule has 1 heterocycles. The van der Waals surface area contributed by atoms with Crippen molar-refractivity contribution in [1.82, 2.24) is 4.90 Å². The Kier molecular flexibility index (Phi) is 5.16. The molecule has 1 aliphatic rings. The van der Waals surface area contributed by atoms with Crippen LogP contribution in [-0.2, 0) is 4.79 Å². The summed E-state index contributed by atoms with van der Waals surface area (Å²) < 4.78 is 13.0. The Hall–Kier alpha value is -2.33. The largest absolute Gasteiger partial charge is 0.368 e.